The number of hydrogen-bond donors (Lipinski definition) is 3. The summed E-state index contributed by atoms with van der Waals surface area (Å²) in [4.78, 5) is 16.3. The molecule has 0 aliphatic heterocycles. The van der Waals surface area contributed by atoms with E-state index in [-0.39, 0.29) is 43.2 Å². The van der Waals surface area contributed by atoms with E-state index in [2.05, 4.69) is 20.5 Å². The van der Waals surface area contributed by atoms with Crippen molar-refractivity contribution in [3.05, 3.63) is 77.0 Å². The number of nitrogens with two attached hydrogens (primary N) is 1. The molecule has 0 aliphatic rings. The summed E-state index contributed by atoms with van der Waals surface area (Å²) >= 11 is 0.849. The van der Waals surface area contributed by atoms with E-state index in [1.807, 2.05) is 0 Å². The van der Waals surface area contributed by atoms with Crippen LogP contribution in [0.1, 0.15) is 41.3 Å². The van der Waals surface area contributed by atoms with E-state index >= 15 is 0 Å². The number of thiophene rings is 1. The standard InChI is InChI=1S/C23H20F2N6O4S2/c1-23(2,33)11-7-13(24)18(14(25)8-11)16-9-12(20(26)32)22(36-16)29-17-6-4-5-15(28-17)19(37(34)35)21-30-27-10-31(21)3/h4-10,33H,1-3H3,(H2,26,32)(H,28,29). The summed E-state index contributed by atoms with van der Waals surface area (Å²) in [6, 6.07) is 7.78. The number of primary amides is 1. The van der Waals surface area contributed by atoms with Gasteiger partial charge >= 0.3 is 0 Å². The molecule has 0 bridgehead atoms. The van der Waals surface area contributed by atoms with E-state index in [1.165, 1.54) is 49.0 Å². The topological polar surface area (TPSA) is 153 Å². The molecule has 4 aromatic rings. The van der Waals surface area contributed by atoms with Crippen LogP contribution in [-0.4, -0.2) is 44.0 Å². The number of aliphatic hydroxyl groups is 1. The molecule has 1 aromatic carbocycles. The molecule has 0 atom stereocenters. The summed E-state index contributed by atoms with van der Waals surface area (Å²) in [5.41, 5.74) is 3.68. The van der Waals surface area contributed by atoms with Crippen LogP contribution in [0.5, 0.6) is 0 Å². The van der Waals surface area contributed by atoms with Crippen molar-refractivity contribution < 1.29 is 27.1 Å². The van der Waals surface area contributed by atoms with Crippen molar-refractivity contribution in [1.82, 2.24) is 19.7 Å². The van der Waals surface area contributed by atoms with E-state index in [4.69, 9.17) is 5.73 Å². The minimum atomic E-state index is -2.71. The Morgan fingerprint density at radius 3 is 2.41 bits per heavy atom. The van der Waals surface area contributed by atoms with Crippen LogP contribution in [0.4, 0.5) is 19.6 Å². The van der Waals surface area contributed by atoms with E-state index < -0.39 is 39.0 Å². The second kappa shape index (κ2) is 9.80. The fourth-order valence-electron chi connectivity index (χ4n) is 3.46. The summed E-state index contributed by atoms with van der Waals surface area (Å²) in [5, 5.41) is 20.6. The third kappa shape index (κ3) is 5.26. The van der Waals surface area contributed by atoms with Gasteiger partial charge in [0.2, 0.25) is 10.3 Å². The van der Waals surface area contributed by atoms with Crippen LogP contribution in [0.3, 0.4) is 0 Å². The smallest absolute Gasteiger partial charge is 0.251 e. The summed E-state index contributed by atoms with van der Waals surface area (Å²) < 4.78 is 55.1. The van der Waals surface area contributed by atoms with Gasteiger partial charge in [0.25, 0.3) is 5.91 Å². The zero-order valence-corrected chi connectivity index (χ0v) is 21.3. The van der Waals surface area contributed by atoms with Crippen molar-refractivity contribution in [2.24, 2.45) is 12.8 Å². The lowest BCUT2D eigenvalue weighted by Gasteiger charge is -2.18. The van der Waals surface area contributed by atoms with Gasteiger partial charge in [-0.1, -0.05) is 6.07 Å². The molecule has 0 radical (unpaired) electrons. The van der Waals surface area contributed by atoms with Crippen molar-refractivity contribution >= 4 is 43.2 Å². The van der Waals surface area contributed by atoms with Gasteiger partial charge in [0.15, 0.2) is 10.7 Å². The Morgan fingerprint density at radius 2 is 1.86 bits per heavy atom. The number of nitrogens with zero attached hydrogens (tertiary/aromatic N) is 4. The van der Waals surface area contributed by atoms with E-state index in [9.17, 15) is 27.1 Å². The van der Waals surface area contributed by atoms with Crippen molar-refractivity contribution in [3.63, 3.8) is 0 Å². The van der Waals surface area contributed by atoms with Crippen molar-refractivity contribution in [1.29, 1.82) is 0 Å². The van der Waals surface area contributed by atoms with Gasteiger partial charge in [0, 0.05) is 11.9 Å². The molecule has 37 heavy (non-hydrogen) atoms. The monoisotopic (exact) mass is 546 g/mol. The lowest BCUT2D eigenvalue weighted by atomic mass is 9.96. The Hall–Kier alpha value is -4.01. The van der Waals surface area contributed by atoms with Crippen molar-refractivity contribution in [3.8, 4) is 10.4 Å². The molecule has 14 heteroatoms. The highest BCUT2D eigenvalue weighted by Gasteiger charge is 2.25. The number of pyridine rings is 1. The number of halogens is 2. The van der Waals surface area contributed by atoms with Crippen LogP contribution >= 0.6 is 11.3 Å². The van der Waals surface area contributed by atoms with Gasteiger partial charge in [-0.2, -0.15) is 8.42 Å². The molecule has 192 valence electrons. The number of carbonyl (C=O) groups excluding carboxylic acids is 1. The average Bonchev–Trinajstić information content (AvgIpc) is 3.39. The number of nitrogens with one attached hydrogen (secondary N) is 1. The molecule has 0 saturated heterocycles. The minimum absolute atomic E-state index is 0.0445. The summed E-state index contributed by atoms with van der Waals surface area (Å²) in [5.74, 6) is -2.52. The van der Waals surface area contributed by atoms with Gasteiger partial charge in [-0.3, -0.25) is 4.79 Å². The number of hydrogen-bond acceptors (Lipinski definition) is 9. The third-order valence-corrected chi connectivity index (χ3v) is 7.09. The van der Waals surface area contributed by atoms with Crippen LogP contribution < -0.4 is 11.1 Å². The maximum atomic E-state index is 14.9. The first-order chi connectivity index (χ1) is 17.4. The number of aromatic nitrogens is 4. The van der Waals surface area contributed by atoms with E-state index in [0.29, 0.717) is 0 Å². The zero-order valence-electron chi connectivity index (χ0n) is 19.7. The molecule has 3 aromatic heterocycles. The number of aryl methyl sites for hydroxylation is 1. The fraction of sp³-hybridized carbons (Fsp3) is 0.174. The first-order valence-electron chi connectivity index (χ1n) is 10.6. The van der Waals surface area contributed by atoms with Crippen LogP contribution in [0, 0.1) is 11.6 Å². The van der Waals surface area contributed by atoms with Gasteiger partial charge in [0.05, 0.1) is 22.4 Å². The number of rotatable bonds is 7. The molecule has 0 unspecified atom stereocenters. The van der Waals surface area contributed by atoms with Gasteiger partial charge in [-0.25, -0.2) is 13.8 Å². The number of amides is 1. The number of carbonyl (C=O) groups is 1. The molecule has 0 saturated carbocycles. The molecule has 1 amide bonds. The SMILES string of the molecule is Cn1cnnc1C(c1cccc(Nc2sc(-c3c(F)cc(C(C)(C)O)cc3F)cc2C(N)=O)n1)=S(=O)=O. The maximum absolute atomic E-state index is 14.9. The number of benzene rings is 1. The Balaban J connectivity index is 1.76. The van der Waals surface area contributed by atoms with Crippen LogP contribution in [0.25, 0.3) is 10.4 Å². The highest BCUT2D eigenvalue weighted by Crippen LogP contribution is 2.40. The van der Waals surface area contributed by atoms with Crippen LogP contribution in [-0.2, 0) is 22.9 Å². The first-order valence-corrected chi connectivity index (χ1v) is 12.5. The van der Waals surface area contributed by atoms with Gasteiger partial charge in [-0.05, 0) is 49.7 Å². The largest absolute Gasteiger partial charge is 0.386 e. The second-order valence-corrected chi connectivity index (χ2v) is 10.4. The van der Waals surface area contributed by atoms with E-state index in [0.717, 1.165) is 23.5 Å². The Labute approximate surface area is 215 Å². The molecule has 3 heterocycles. The van der Waals surface area contributed by atoms with Crippen molar-refractivity contribution in [2.45, 2.75) is 19.4 Å². The normalized spacial score (nSPS) is 11.4. The molecule has 0 aliphatic carbocycles. The Bertz CT molecular complexity index is 1640. The van der Waals surface area contributed by atoms with Gasteiger partial charge in [0.1, 0.15) is 28.8 Å². The Kier molecular flexibility index (Phi) is 6.90. The highest BCUT2D eigenvalue weighted by molar-refractivity contribution is 7.73. The molecule has 4 N–H and O–H groups in total. The lowest BCUT2D eigenvalue weighted by molar-refractivity contribution is 0.0778. The number of anilines is 2. The van der Waals surface area contributed by atoms with Gasteiger partial charge < -0.3 is 20.7 Å². The fourth-order valence-corrected chi connectivity index (χ4v) is 5.20. The summed E-state index contributed by atoms with van der Waals surface area (Å²) in [6.07, 6.45) is 1.34. The zero-order chi connectivity index (χ0) is 27.1. The third-order valence-electron chi connectivity index (χ3n) is 5.30. The quantitative estimate of drug-likeness (QED) is 0.236. The lowest BCUT2D eigenvalue weighted by Crippen LogP contribution is -2.16. The molecule has 0 spiro atoms. The van der Waals surface area contributed by atoms with Crippen molar-refractivity contribution in [2.75, 3.05) is 5.32 Å². The second-order valence-electron chi connectivity index (χ2n) is 8.45. The maximum Gasteiger partial charge on any atom is 0.251 e. The average molecular weight is 547 g/mol. The molecule has 4 rings (SSSR count). The molecule has 10 nitrogen and oxygen atoms in total. The predicted molar refractivity (Wildman–Crippen MR) is 134 cm³/mol. The van der Waals surface area contributed by atoms with Crippen LogP contribution in [0.15, 0.2) is 42.7 Å². The predicted octanol–water partition coefficient (Wildman–Crippen LogP) is 2.73. The van der Waals surface area contributed by atoms with E-state index in [1.54, 1.807) is 7.05 Å². The Morgan fingerprint density at radius 1 is 1.19 bits per heavy atom. The molecular formula is C23H20F2N6O4S2. The molecular weight excluding hydrogens is 526 g/mol. The molecule has 0 fully saturated rings. The minimum Gasteiger partial charge on any atom is -0.386 e. The summed E-state index contributed by atoms with van der Waals surface area (Å²) in [6.45, 7) is 2.80. The highest BCUT2D eigenvalue weighted by atomic mass is 32.2. The van der Waals surface area contributed by atoms with Crippen LogP contribution in [0.2, 0.25) is 0 Å². The summed E-state index contributed by atoms with van der Waals surface area (Å²) in [7, 11) is -1.14. The first kappa shape index (κ1) is 26.1. The van der Waals surface area contributed by atoms with Gasteiger partial charge in [-0.15, -0.1) is 21.5 Å².